The van der Waals surface area contributed by atoms with E-state index >= 15 is 0 Å². The third kappa shape index (κ3) is 14.2. The standard InChI is InChI=1S/C45H33NS.2C43H31NS/c1-45(2)40-27-25-36(29-39(40)37-26-28-42-43(44(37)45)38-15-9-10-16-41(38)47-42)46(34-21-17-32(18-22-34)30-11-5-3-6-12-30)35-23-19-33(20-24-35)31-13-7-4-8-14-31;1-43(2)37-17-9-8-15-34(37)35-25-26-39-40(41(35)43)36-16-10-18-38(42(36)45-39)44(32-13-4-3-5-14-32)33-23-21-29(22-24-33)31-20-19-28-11-6-7-12-30(28)27-31;1-43(2)38-24-22-34(27-37(38)35-23-25-40-41(42(35)43)36-14-8-9-15-39(36)45-40)44(32-12-4-3-5-13-32)33-20-18-29(19-21-33)31-17-16-28-10-6-7-11-30(28)26-31/h3-29H,1-2H3;2*3-27H,1-2H3. The Kier molecular flexibility index (Phi) is 20.2. The summed E-state index contributed by atoms with van der Waals surface area (Å²) < 4.78 is 8.10. The number of hydrogen-bond acceptors (Lipinski definition) is 6. The normalized spacial score (nSPS) is 13.2. The number of rotatable bonds is 13. The molecule has 0 amide bonds. The van der Waals surface area contributed by atoms with Crippen LogP contribution in [0.5, 0.6) is 0 Å². The predicted octanol–water partition coefficient (Wildman–Crippen LogP) is 38.5. The van der Waals surface area contributed by atoms with E-state index in [2.05, 4.69) is 523 Å². The minimum atomic E-state index is -0.105. The van der Waals surface area contributed by atoms with Gasteiger partial charge in [0.05, 0.1) is 10.4 Å². The SMILES string of the molecule is CC1(C)c2ccc(N(c3ccc(-c4ccccc4)cc3)c3ccc(-c4ccccc4)cc3)cc2-c2ccc3sc4ccccc4c3c21.CC1(C)c2ccc(N(c3ccccc3)c3ccc(-c4ccc5ccccc5c4)cc3)cc2-c2ccc3sc4ccccc4c3c21.CC1(C)c2ccccc2-c2ccc3sc4c(N(c5ccccc5)c5ccc(-c6ccc7ccccc7c6)cc5)cccc4c3c21. The molecule has 0 N–H and O–H groups in total. The highest BCUT2D eigenvalue weighted by Gasteiger charge is 2.42. The van der Waals surface area contributed by atoms with Gasteiger partial charge < -0.3 is 14.7 Å². The molecule has 0 fully saturated rings. The highest BCUT2D eigenvalue weighted by atomic mass is 32.1. The van der Waals surface area contributed by atoms with Crippen molar-refractivity contribution in [3.05, 3.63) is 500 Å². The van der Waals surface area contributed by atoms with Gasteiger partial charge in [0.1, 0.15) is 0 Å². The topological polar surface area (TPSA) is 9.72 Å². The number of fused-ring (bicyclic) bond motifs is 23. The van der Waals surface area contributed by atoms with Gasteiger partial charge in [0, 0.05) is 118 Å². The van der Waals surface area contributed by atoms with Crippen molar-refractivity contribution in [1.82, 2.24) is 0 Å². The summed E-state index contributed by atoms with van der Waals surface area (Å²) >= 11 is 5.71. The van der Waals surface area contributed by atoms with E-state index in [0.717, 1.165) is 45.5 Å². The molecule has 3 aliphatic rings. The summed E-state index contributed by atoms with van der Waals surface area (Å²) in [4.78, 5) is 7.20. The van der Waals surface area contributed by atoms with Crippen LogP contribution in [0.1, 0.15) is 74.9 Å². The minimum Gasteiger partial charge on any atom is -0.310 e. The molecule has 3 nitrogen and oxygen atoms in total. The lowest BCUT2D eigenvalue weighted by Gasteiger charge is -2.27. The van der Waals surface area contributed by atoms with Crippen LogP contribution in [0.3, 0.4) is 0 Å². The molecule has 0 atom stereocenters. The summed E-state index contributed by atoms with van der Waals surface area (Å²) in [5.74, 6) is 0. The maximum absolute atomic E-state index is 2.42. The van der Waals surface area contributed by atoms with Gasteiger partial charge in [-0.1, -0.05) is 363 Å². The van der Waals surface area contributed by atoms with Gasteiger partial charge >= 0.3 is 0 Å². The van der Waals surface area contributed by atoms with Crippen molar-refractivity contribution < 1.29 is 0 Å². The summed E-state index contributed by atoms with van der Waals surface area (Å²) in [6.07, 6.45) is 0. The zero-order chi connectivity index (χ0) is 91.8. The molecular formula is C131H95N3S3. The molecule has 21 aromatic carbocycles. The van der Waals surface area contributed by atoms with Crippen LogP contribution in [0.25, 0.3) is 160 Å². The second-order valence-corrected chi connectivity index (χ2v) is 41.4. The van der Waals surface area contributed by atoms with Crippen LogP contribution >= 0.6 is 34.0 Å². The molecule has 3 aliphatic carbocycles. The van der Waals surface area contributed by atoms with Crippen LogP contribution in [-0.2, 0) is 16.2 Å². The highest BCUT2D eigenvalue weighted by molar-refractivity contribution is 7.27. The van der Waals surface area contributed by atoms with Crippen molar-refractivity contribution in [3.63, 3.8) is 0 Å². The number of anilines is 9. The van der Waals surface area contributed by atoms with E-state index in [4.69, 9.17) is 0 Å². The lowest BCUT2D eigenvalue weighted by atomic mass is 9.80. The van der Waals surface area contributed by atoms with Crippen LogP contribution in [-0.4, -0.2) is 0 Å². The fraction of sp³-hybridized carbons (Fsp3) is 0.0687. The molecule has 3 aromatic heterocycles. The van der Waals surface area contributed by atoms with Crippen LogP contribution in [0.2, 0.25) is 0 Å². The van der Waals surface area contributed by atoms with E-state index in [0.29, 0.717) is 0 Å². The first-order chi connectivity index (χ1) is 67.2. The molecule has 27 rings (SSSR count). The number of para-hydroxylation sites is 2. The lowest BCUT2D eigenvalue weighted by molar-refractivity contribution is 0.666. The molecule has 0 aliphatic heterocycles. The number of thiophene rings is 3. The van der Waals surface area contributed by atoms with Gasteiger partial charge in [0.15, 0.2) is 0 Å². The summed E-state index contributed by atoms with van der Waals surface area (Å²) in [6.45, 7) is 14.3. The molecule has 0 saturated carbocycles. The maximum atomic E-state index is 2.42. The fourth-order valence-electron chi connectivity index (χ4n) is 22.5. The molecule has 652 valence electrons. The fourth-order valence-corrected chi connectivity index (χ4v) is 26.0. The van der Waals surface area contributed by atoms with Gasteiger partial charge in [-0.2, -0.15) is 0 Å². The Hall–Kier alpha value is -15.8. The van der Waals surface area contributed by atoms with Gasteiger partial charge in [0.2, 0.25) is 0 Å². The molecule has 0 unspecified atom stereocenters. The van der Waals surface area contributed by atoms with Crippen LogP contribution in [0.15, 0.2) is 467 Å². The summed E-state index contributed by atoms with van der Waals surface area (Å²) in [7, 11) is 0. The maximum Gasteiger partial charge on any atom is 0.0640 e. The van der Waals surface area contributed by atoms with Gasteiger partial charge in [-0.15, -0.1) is 34.0 Å². The molecule has 6 heteroatoms. The van der Waals surface area contributed by atoms with E-state index in [1.807, 2.05) is 34.0 Å². The largest absolute Gasteiger partial charge is 0.310 e. The van der Waals surface area contributed by atoms with E-state index in [1.165, 1.54) is 199 Å². The number of nitrogens with zero attached hydrogens (tertiary/aromatic N) is 3. The van der Waals surface area contributed by atoms with Crippen molar-refractivity contribution in [2.75, 3.05) is 14.7 Å². The quantitative estimate of drug-likeness (QED) is 0.114. The summed E-state index contributed by atoms with van der Waals surface area (Å²) in [5, 5.41) is 13.4. The monoisotopic (exact) mass is 1810 g/mol. The zero-order valence-corrected chi connectivity index (χ0v) is 79.5. The second-order valence-electron chi connectivity index (χ2n) is 38.1. The molecule has 3 heterocycles. The Morgan fingerprint density at radius 1 is 0.175 bits per heavy atom. The van der Waals surface area contributed by atoms with E-state index < -0.39 is 0 Å². The number of benzene rings is 21. The molecule has 24 aromatic rings. The van der Waals surface area contributed by atoms with E-state index in [9.17, 15) is 0 Å². The van der Waals surface area contributed by atoms with E-state index in [-0.39, 0.29) is 16.2 Å². The van der Waals surface area contributed by atoms with Crippen molar-refractivity contribution in [1.29, 1.82) is 0 Å². The number of hydrogen-bond donors (Lipinski definition) is 0. The molecule has 0 spiro atoms. The van der Waals surface area contributed by atoms with Crippen molar-refractivity contribution in [3.8, 4) is 77.9 Å². The molecule has 0 bridgehead atoms. The van der Waals surface area contributed by atoms with Gasteiger partial charge in [-0.25, -0.2) is 0 Å². The van der Waals surface area contributed by atoms with E-state index in [1.54, 1.807) is 0 Å². The van der Waals surface area contributed by atoms with Crippen LogP contribution in [0.4, 0.5) is 51.2 Å². The Morgan fingerprint density at radius 3 is 0.927 bits per heavy atom. The molecular weight excluding hydrogens is 1710 g/mol. The van der Waals surface area contributed by atoms with Crippen molar-refractivity contribution in [2.45, 2.75) is 57.8 Å². The lowest BCUT2D eigenvalue weighted by Crippen LogP contribution is -2.16. The predicted molar refractivity (Wildman–Crippen MR) is 591 cm³/mol. The smallest absolute Gasteiger partial charge is 0.0640 e. The van der Waals surface area contributed by atoms with Gasteiger partial charge in [0.25, 0.3) is 0 Å². The molecule has 0 saturated heterocycles. The minimum absolute atomic E-state index is 0.0623. The van der Waals surface area contributed by atoms with Crippen LogP contribution < -0.4 is 14.7 Å². The van der Waals surface area contributed by atoms with Gasteiger partial charge in [-0.3, -0.25) is 0 Å². The molecule has 137 heavy (non-hydrogen) atoms. The van der Waals surface area contributed by atoms with Gasteiger partial charge in [-0.05, 0) is 278 Å². The average Bonchev–Trinajstić information content (AvgIpc) is 1.55. The van der Waals surface area contributed by atoms with Crippen LogP contribution in [0, 0.1) is 0 Å². The first kappa shape index (κ1) is 83.1. The Labute approximate surface area is 811 Å². The summed E-state index contributed by atoms with van der Waals surface area (Å²) in [6, 6.07) is 171. The molecule has 0 radical (unpaired) electrons. The average molecular weight is 1810 g/mol. The third-order valence-corrected chi connectivity index (χ3v) is 32.6. The zero-order valence-electron chi connectivity index (χ0n) is 77.0. The first-order valence-electron chi connectivity index (χ1n) is 47.5. The Balaban J connectivity index is 0.000000109. The first-order valence-corrected chi connectivity index (χ1v) is 49.9. The Morgan fingerprint density at radius 2 is 0.482 bits per heavy atom. The Bertz CT molecular complexity index is 8750. The van der Waals surface area contributed by atoms with Crippen molar-refractivity contribution >= 4 is 167 Å². The summed E-state index contributed by atoms with van der Waals surface area (Å²) in [5.41, 5.74) is 36.5. The van der Waals surface area contributed by atoms with Crippen molar-refractivity contribution in [2.24, 2.45) is 0 Å². The third-order valence-electron chi connectivity index (χ3n) is 29.1. The second kappa shape index (κ2) is 33.4. The highest BCUT2D eigenvalue weighted by Crippen LogP contribution is 2.60.